The quantitative estimate of drug-likeness (QED) is 0.266. The maximum absolute atomic E-state index is 12.5. The van der Waals surface area contributed by atoms with E-state index in [2.05, 4.69) is 16.0 Å². The molecular formula is C18H23N5O5. The Morgan fingerprint density at radius 2 is 1.86 bits per heavy atom. The Bertz CT molecular complexity index is 773. The lowest BCUT2D eigenvalue weighted by Crippen LogP contribution is -2.44. The molecular weight excluding hydrogens is 366 g/mol. The summed E-state index contributed by atoms with van der Waals surface area (Å²) in [5, 5.41) is 19.2. The van der Waals surface area contributed by atoms with E-state index in [-0.39, 0.29) is 30.5 Å². The van der Waals surface area contributed by atoms with E-state index in [0.29, 0.717) is 31.6 Å². The van der Waals surface area contributed by atoms with Crippen LogP contribution in [-0.2, 0) is 9.59 Å². The molecule has 1 aromatic rings. The molecule has 0 bridgehead atoms. The number of hydrogen-bond donors (Lipinski definition) is 3. The summed E-state index contributed by atoms with van der Waals surface area (Å²) in [4.78, 5) is 47.8. The molecule has 0 unspecified atom stereocenters. The van der Waals surface area contributed by atoms with Gasteiger partial charge in [0.1, 0.15) is 5.54 Å². The summed E-state index contributed by atoms with van der Waals surface area (Å²) in [5.74, 6) is -0.471. The molecule has 1 heterocycles. The van der Waals surface area contributed by atoms with Crippen LogP contribution in [-0.4, -0.2) is 52.8 Å². The second-order valence-electron chi connectivity index (χ2n) is 7.01. The first kappa shape index (κ1) is 19.6. The SMILES string of the molecule is O=C(CCN1C(=O)NC2(CCCC2)C1=O)NCCNc1ccc([N+](=O)[O-])cc1. The summed E-state index contributed by atoms with van der Waals surface area (Å²) < 4.78 is 0. The van der Waals surface area contributed by atoms with Crippen LogP contribution in [0, 0.1) is 10.1 Å². The Morgan fingerprint density at radius 1 is 1.18 bits per heavy atom. The molecule has 1 spiro atoms. The van der Waals surface area contributed by atoms with Gasteiger partial charge in [-0.2, -0.15) is 0 Å². The lowest BCUT2D eigenvalue weighted by atomic mass is 9.98. The number of hydrogen-bond acceptors (Lipinski definition) is 6. The van der Waals surface area contributed by atoms with Gasteiger partial charge >= 0.3 is 6.03 Å². The normalized spacial score (nSPS) is 17.6. The van der Waals surface area contributed by atoms with Gasteiger partial charge in [0.2, 0.25) is 5.91 Å². The number of nitrogens with one attached hydrogen (secondary N) is 3. The van der Waals surface area contributed by atoms with Crippen molar-refractivity contribution in [2.45, 2.75) is 37.6 Å². The molecule has 1 aliphatic carbocycles. The highest BCUT2D eigenvalue weighted by atomic mass is 16.6. The van der Waals surface area contributed by atoms with E-state index in [1.165, 1.54) is 12.1 Å². The van der Waals surface area contributed by atoms with Crippen molar-refractivity contribution >= 4 is 29.2 Å². The third-order valence-electron chi connectivity index (χ3n) is 5.12. The largest absolute Gasteiger partial charge is 0.383 e. The number of rotatable bonds is 8. The first-order valence-electron chi connectivity index (χ1n) is 9.30. The molecule has 3 rings (SSSR count). The minimum Gasteiger partial charge on any atom is -0.383 e. The Balaban J connectivity index is 1.36. The number of non-ortho nitro benzene ring substituents is 1. The number of benzene rings is 1. The van der Waals surface area contributed by atoms with Gasteiger partial charge in [-0.3, -0.25) is 24.6 Å². The van der Waals surface area contributed by atoms with Gasteiger partial charge in [0, 0.05) is 43.9 Å². The van der Waals surface area contributed by atoms with E-state index < -0.39 is 16.5 Å². The van der Waals surface area contributed by atoms with Gasteiger partial charge in [0.05, 0.1) is 4.92 Å². The minimum absolute atomic E-state index is 0.0127. The smallest absolute Gasteiger partial charge is 0.325 e. The molecule has 0 atom stereocenters. The topological polar surface area (TPSA) is 134 Å². The van der Waals surface area contributed by atoms with Crippen molar-refractivity contribution in [1.29, 1.82) is 0 Å². The van der Waals surface area contributed by atoms with E-state index in [1.54, 1.807) is 12.1 Å². The molecule has 0 aromatic heterocycles. The van der Waals surface area contributed by atoms with E-state index in [0.717, 1.165) is 17.7 Å². The van der Waals surface area contributed by atoms with Crippen molar-refractivity contribution in [2.75, 3.05) is 25.0 Å². The minimum atomic E-state index is -0.748. The molecule has 10 heteroatoms. The lowest BCUT2D eigenvalue weighted by molar-refractivity contribution is -0.384. The molecule has 1 saturated carbocycles. The van der Waals surface area contributed by atoms with Gasteiger partial charge in [0.25, 0.3) is 11.6 Å². The molecule has 0 radical (unpaired) electrons. The highest BCUT2D eigenvalue weighted by Gasteiger charge is 2.52. The number of nitro benzene ring substituents is 1. The van der Waals surface area contributed by atoms with Crippen LogP contribution >= 0.6 is 0 Å². The van der Waals surface area contributed by atoms with Gasteiger partial charge in [-0.25, -0.2) is 4.79 Å². The maximum Gasteiger partial charge on any atom is 0.325 e. The number of carbonyl (C=O) groups is 3. The predicted octanol–water partition coefficient (Wildman–Crippen LogP) is 1.38. The monoisotopic (exact) mass is 389 g/mol. The zero-order valence-electron chi connectivity index (χ0n) is 15.4. The number of carbonyl (C=O) groups excluding carboxylic acids is 3. The first-order valence-corrected chi connectivity index (χ1v) is 9.30. The highest BCUT2D eigenvalue weighted by molar-refractivity contribution is 6.07. The number of anilines is 1. The average Bonchev–Trinajstić information content (AvgIpc) is 3.23. The molecule has 28 heavy (non-hydrogen) atoms. The van der Waals surface area contributed by atoms with E-state index >= 15 is 0 Å². The third kappa shape index (κ3) is 4.21. The Morgan fingerprint density at radius 3 is 2.50 bits per heavy atom. The van der Waals surface area contributed by atoms with Crippen molar-refractivity contribution in [3.8, 4) is 0 Å². The molecule has 150 valence electrons. The fraction of sp³-hybridized carbons (Fsp3) is 0.500. The molecule has 1 aliphatic heterocycles. The first-order chi connectivity index (χ1) is 13.4. The zero-order valence-corrected chi connectivity index (χ0v) is 15.4. The zero-order chi connectivity index (χ0) is 20.1. The second kappa shape index (κ2) is 8.24. The third-order valence-corrected chi connectivity index (χ3v) is 5.12. The van der Waals surface area contributed by atoms with Crippen molar-refractivity contribution in [2.24, 2.45) is 0 Å². The molecule has 4 amide bonds. The number of nitrogens with zero attached hydrogens (tertiary/aromatic N) is 2. The average molecular weight is 389 g/mol. The van der Waals surface area contributed by atoms with Crippen molar-refractivity contribution < 1.29 is 19.3 Å². The van der Waals surface area contributed by atoms with Crippen LogP contribution in [0.1, 0.15) is 32.1 Å². The van der Waals surface area contributed by atoms with Crippen LogP contribution < -0.4 is 16.0 Å². The van der Waals surface area contributed by atoms with E-state index in [9.17, 15) is 24.5 Å². The standard InChI is InChI=1S/C18H23N5O5/c24-15(20-11-10-19-13-3-5-14(6-4-13)23(27)28)7-12-22-16(25)18(21-17(22)26)8-1-2-9-18/h3-6,19H,1-2,7-12H2,(H,20,24)(H,21,26). The Labute approximate surface area is 161 Å². The predicted molar refractivity (Wildman–Crippen MR) is 101 cm³/mol. The number of nitro groups is 1. The molecule has 2 fully saturated rings. The fourth-order valence-electron chi connectivity index (χ4n) is 3.61. The van der Waals surface area contributed by atoms with Gasteiger partial charge in [0.15, 0.2) is 0 Å². The van der Waals surface area contributed by atoms with Gasteiger partial charge in [-0.15, -0.1) is 0 Å². The summed E-state index contributed by atoms with van der Waals surface area (Å²) in [6.07, 6.45) is 3.21. The summed E-state index contributed by atoms with van der Waals surface area (Å²) in [6, 6.07) is 5.57. The van der Waals surface area contributed by atoms with Crippen LogP contribution in [0.25, 0.3) is 0 Å². The van der Waals surface area contributed by atoms with Crippen molar-refractivity contribution in [3.63, 3.8) is 0 Å². The van der Waals surface area contributed by atoms with Crippen molar-refractivity contribution in [1.82, 2.24) is 15.5 Å². The summed E-state index contributed by atoms with van der Waals surface area (Å²) in [7, 11) is 0. The Hall–Kier alpha value is -3.17. The van der Waals surface area contributed by atoms with Crippen LogP contribution in [0.5, 0.6) is 0 Å². The lowest BCUT2D eigenvalue weighted by Gasteiger charge is -2.19. The molecule has 3 N–H and O–H groups in total. The molecule has 10 nitrogen and oxygen atoms in total. The summed E-state index contributed by atoms with van der Waals surface area (Å²) in [5.41, 5.74) is -0.0258. The number of urea groups is 1. The van der Waals surface area contributed by atoms with Crippen LogP contribution in [0.2, 0.25) is 0 Å². The van der Waals surface area contributed by atoms with Crippen LogP contribution in [0.15, 0.2) is 24.3 Å². The van der Waals surface area contributed by atoms with E-state index in [1.807, 2.05) is 0 Å². The maximum atomic E-state index is 12.5. The Kier molecular flexibility index (Phi) is 5.76. The molecule has 1 saturated heterocycles. The summed E-state index contributed by atoms with van der Waals surface area (Å²) in [6.45, 7) is 0.851. The van der Waals surface area contributed by atoms with Gasteiger partial charge < -0.3 is 16.0 Å². The number of imide groups is 1. The van der Waals surface area contributed by atoms with Gasteiger partial charge in [-0.05, 0) is 25.0 Å². The van der Waals surface area contributed by atoms with Crippen LogP contribution in [0.3, 0.4) is 0 Å². The fourth-order valence-corrected chi connectivity index (χ4v) is 3.61. The summed E-state index contributed by atoms with van der Waals surface area (Å²) >= 11 is 0. The van der Waals surface area contributed by atoms with E-state index in [4.69, 9.17) is 0 Å². The number of amides is 4. The van der Waals surface area contributed by atoms with Crippen LogP contribution in [0.4, 0.5) is 16.2 Å². The van der Waals surface area contributed by atoms with Crippen molar-refractivity contribution in [3.05, 3.63) is 34.4 Å². The van der Waals surface area contributed by atoms with Gasteiger partial charge in [-0.1, -0.05) is 12.8 Å². The highest BCUT2D eigenvalue weighted by Crippen LogP contribution is 2.34. The molecule has 1 aromatic carbocycles. The molecule has 2 aliphatic rings. The second-order valence-corrected chi connectivity index (χ2v) is 7.01.